The molecule has 0 saturated carbocycles. The fourth-order valence-electron chi connectivity index (χ4n) is 9.41. The van der Waals surface area contributed by atoms with Crippen LogP contribution in [0.1, 0.15) is 72.6 Å². The summed E-state index contributed by atoms with van der Waals surface area (Å²) in [4.78, 5) is 71.3. The number of H-pyrrole nitrogens is 2. The molecule has 6 aromatic carbocycles. The molecule has 14 heteroatoms. The van der Waals surface area contributed by atoms with Crippen LogP contribution in [0.3, 0.4) is 0 Å². The van der Waals surface area contributed by atoms with Gasteiger partial charge < -0.3 is 40.6 Å². The molecule has 0 bridgehead atoms. The first-order valence-electron chi connectivity index (χ1n) is 21.4. The van der Waals surface area contributed by atoms with E-state index in [1.165, 1.54) is 0 Å². The van der Waals surface area contributed by atoms with Gasteiger partial charge in [0.15, 0.2) is 0 Å². The molecule has 2 aliphatic rings. The van der Waals surface area contributed by atoms with E-state index in [2.05, 4.69) is 69.1 Å². The van der Waals surface area contributed by atoms with Crippen LogP contribution in [0.25, 0.3) is 55.1 Å². The van der Waals surface area contributed by atoms with Gasteiger partial charge in [-0.3, -0.25) is 9.59 Å². The van der Waals surface area contributed by atoms with Crippen molar-refractivity contribution in [3.05, 3.63) is 156 Å². The van der Waals surface area contributed by atoms with E-state index in [-0.39, 0.29) is 23.9 Å². The molecule has 4 atom stereocenters. The number of fused-ring (bicyclic) bond motifs is 3. The maximum absolute atomic E-state index is 13.9. The lowest BCUT2D eigenvalue weighted by atomic mass is 9.97. The number of hydrogen-bond donors (Lipinski definition) is 6. The van der Waals surface area contributed by atoms with Gasteiger partial charge in [0, 0.05) is 13.1 Å². The Morgan fingerprint density at radius 2 is 0.922 bits per heavy atom. The predicted molar refractivity (Wildman–Crippen MR) is 242 cm³/mol. The first-order chi connectivity index (χ1) is 31.2. The Labute approximate surface area is 367 Å². The molecule has 6 N–H and O–H groups in total. The number of carboxylic acid groups (broad SMARTS) is 2. The number of nitrogens with one attached hydrogen (secondary N) is 4. The molecule has 0 aliphatic carbocycles. The van der Waals surface area contributed by atoms with E-state index in [4.69, 9.17) is 9.97 Å². The van der Waals surface area contributed by atoms with Crippen LogP contribution in [-0.4, -0.2) is 77.0 Å². The van der Waals surface area contributed by atoms with Crippen molar-refractivity contribution in [2.75, 3.05) is 13.1 Å². The highest BCUT2D eigenvalue weighted by Gasteiger charge is 2.38. The highest BCUT2D eigenvalue weighted by atomic mass is 16.4. The fraction of sp³-hybridized carbons (Fsp3) is 0.200. The Morgan fingerprint density at radius 3 is 1.33 bits per heavy atom. The van der Waals surface area contributed by atoms with Crippen LogP contribution < -0.4 is 10.6 Å². The Bertz CT molecular complexity index is 2870. The summed E-state index contributed by atoms with van der Waals surface area (Å²) in [6.07, 6.45) is 0.459. The maximum atomic E-state index is 13.9. The second-order valence-electron chi connectivity index (χ2n) is 16.5. The quantitative estimate of drug-likeness (QED) is 0.0783. The minimum Gasteiger partial charge on any atom is -0.465 e. The molecule has 2 saturated heterocycles. The minimum absolute atomic E-state index is 0.305. The molecule has 320 valence electrons. The molecule has 64 heavy (non-hydrogen) atoms. The van der Waals surface area contributed by atoms with E-state index in [0.29, 0.717) is 48.7 Å². The van der Waals surface area contributed by atoms with Crippen LogP contribution in [0.15, 0.2) is 133 Å². The molecule has 2 fully saturated rings. The highest BCUT2D eigenvalue weighted by Crippen LogP contribution is 2.37. The average molecular weight is 853 g/mol. The number of amides is 4. The van der Waals surface area contributed by atoms with Crippen LogP contribution in [0, 0.1) is 0 Å². The van der Waals surface area contributed by atoms with Crippen molar-refractivity contribution in [2.45, 2.75) is 49.9 Å². The molecule has 0 radical (unpaired) electrons. The molecule has 14 nitrogen and oxygen atoms in total. The Balaban J connectivity index is 0.864. The number of carbonyl (C=O) groups excluding carboxylic acids is 2. The zero-order valence-electron chi connectivity index (χ0n) is 34.6. The van der Waals surface area contributed by atoms with Gasteiger partial charge in [0.2, 0.25) is 0 Å². The summed E-state index contributed by atoms with van der Waals surface area (Å²) in [5.41, 5.74) is 8.55. The number of hydrogen-bond acceptors (Lipinski definition) is 6. The van der Waals surface area contributed by atoms with Crippen molar-refractivity contribution in [2.24, 2.45) is 0 Å². The van der Waals surface area contributed by atoms with E-state index in [0.717, 1.165) is 67.9 Å². The van der Waals surface area contributed by atoms with Crippen molar-refractivity contribution < 1.29 is 29.4 Å². The topological polar surface area (TPSA) is 197 Å². The monoisotopic (exact) mass is 852 g/mol. The van der Waals surface area contributed by atoms with Gasteiger partial charge in [-0.25, -0.2) is 19.6 Å². The van der Waals surface area contributed by atoms with E-state index in [9.17, 15) is 29.4 Å². The molecule has 2 aromatic heterocycles. The lowest BCUT2D eigenvalue weighted by molar-refractivity contribution is -0.135. The van der Waals surface area contributed by atoms with Gasteiger partial charge in [0.1, 0.15) is 23.7 Å². The van der Waals surface area contributed by atoms with Gasteiger partial charge in [-0.15, -0.1) is 0 Å². The first-order valence-corrected chi connectivity index (χ1v) is 21.4. The summed E-state index contributed by atoms with van der Waals surface area (Å²) in [6, 6.07) is 40.1. The summed E-state index contributed by atoms with van der Waals surface area (Å²) >= 11 is 0. The van der Waals surface area contributed by atoms with Crippen molar-refractivity contribution in [1.29, 1.82) is 0 Å². The first kappa shape index (κ1) is 40.1. The Kier molecular flexibility index (Phi) is 10.5. The fourth-order valence-corrected chi connectivity index (χ4v) is 9.41. The summed E-state index contributed by atoms with van der Waals surface area (Å²) in [5, 5.41) is 26.1. The third kappa shape index (κ3) is 7.74. The number of aromatic nitrogens is 4. The van der Waals surface area contributed by atoms with Gasteiger partial charge in [-0.1, -0.05) is 97.1 Å². The number of carbonyl (C=O) groups is 4. The molecular formula is C50H44N8O6. The number of imidazole rings is 2. The van der Waals surface area contributed by atoms with E-state index in [1.54, 1.807) is 58.3 Å². The van der Waals surface area contributed by atoms with Gasteiger partial charge in [0.05, 0.1) is 34.2 Å². The van der Waals surface area contributed by atoms with Gasteiger partial charge in [0.25, 0.3) is 11.8 Å². The molecule has 4 heterocycles. The molecule has 4 amide bonds. The van der Waals surface area contributed by atoms with Gasteiger partial charge in [-0.05, 0) is 106 Å². The predicted octanol–water partition coefficient (Wildman–Crippen LogP) is 9.27. The lowest BCUT2D eigenvalue weighted by Crippen LogP contribution is -2.42. The normalized spacial score (nSPS) is 17.2. The van der Waals surface area contributed by atoms with Gasteiger partial charge in [-0.2, -0.15) is 0 Å². The van der Waals surface area contributed by atoms with Crippen LogP contribution in [0.2, 0.25) is 0 Å². The maximum Gasteiger partial charge on any atom is 0.405 e. The van der Waals surface area contributed by atoms with Crippen LogP contribution in [0.5, 0.6) is 0 Å². The number of benzene rings is 6. The SMILES string of the molecule is O=C(O)NC(C(=O)N1CCC[C@H]1c1nc2ccc(-c3ccc4cc(-c5ccc6nc([C@@H]7CCCN7C(=O)C(NC(=O)O)c7ccccc7)[nH]c6c5)ccc4c3)cc2[nH]1)c1ccccc1. The van der Waals surface area contributed by atoms with E-state index in [1.807, 2.05) is 36.4 Å². The van der Waals surface area contributed by atoms with Gasteiger partial charge >= 0.3 is 12.2 Å². The summed E-state index contributed by atoms with van der Waals surface area (Å²) in [5.74, 6) is 0.740. The van der Waals surface area contributed by atoms with Crippen molar-refractivity contribution in [3.63, 3.8) is 0 Å². The summed E-state index contributed by atoms with van der Waals surface area (Å²) in [7, 11) is 0. The number of likely N-dealkylation sites (tertiary alicyclic amines) is 2. The lowest BCUT2D eigenvalue weighted by Gasteiger charge is -2.28. The molecule has 10 rings (SSSR count). The minimum atomic E-state index is -1.26. The smallest absolute Gasteiger partial charge is 0.405 e. The second-order valence-corrected chi connectivity index (χ2v) is 16.5. The largest absolute Gasteiger partial charge is 0.465 e. The summed E-state index contributed by atoms with van der Waals surface area (Å²) in [6.45, 7) is 1.01. The molecular weight excluding hydrogens is 809 g/mol. The van der Waals surface area contributed by atoms with Crippen LogP contribution >= 0.6 is 0 Å². The molecule has 2 unspecified atom stereocenters. The highest BCUT2D eigenvalue weighted by molar-refractivity contribution is 5.94. The van der Waals surface area contributed by atoms with Crippen molar-refractivity contribution >= 4 is 56.8 Å². The van der Waals surface area contributed by atoms with Crippen LogP contribution in [0.4, 0.5) is 9.59 Å². The Morgan fingerprint density at radius 1 is 0.531 bits per heavy atom. The number of nitrogens with zero attached hydrogens (tertiary/aromatic N) is 4. The zero-order chi connectivity index (χ0) is 43.9. The molecule has 2 aliphatic heterocycles. The zero-order valence-corrected chi connectivity index (χ0v) is 34.6. The molecule has 8 aromatic rings. The molecule has 0 spiro atoms. The van der Waals surface area contributed by atoms with Crippen LogP contribution in [-0.2, 0) is 9.59 Å². The van der Waals surface area contributed by atoms with Crippen molar-refractivity contribution in [3.8, 4) is 22.3 Å². The standard InChI is InChI=1S/C50H44N8O6/c59-47(43(55-49(61)62)29-9-3-1-4-10-29)57-23-7-13-41(57)45-51-37-21-19-35(27-39(37)53-45)33-17-15-32-26-34(18-16-31(32)25-33)36-20-22-38-40(28-36)54-46(52-38)42-14-8-24-58(42)48(60)44(56-50(63)64)30-11-5-2-6-12-30/h1-6,9-12,15-22,25-28,41-44,55-56H,7-8,13-14,23-24H2,(H,51,53)(H,52,54)(H,61,62)(H,63,64)/t41-,42-,43?,44?/m0/s1. The number of aromatic amines is 2. The van der Waals surface area contributed by atoms with E-state index < -0.39 is 24.3 Å². The Hall–Kier alpha value is -8.00. The van der Waals surface area contributed by atoms with E-state index >= 15 is 0 Å². The number of rotatable bonds is 10. The second kappa shape index (κ2) is 16.7. The summed E-state index contributed by atoms with van der Waals surface area (Å²) < 4.78 is 0. The van der Waals surface area contributed by atoms with Crippen molar-refractivity contribution in [1.82, 2.24) is 40.4 Å². The average Bonchev–Trinajstić information content (AvgIpc) is 4.15. The third-order valence-electron chi connectivity index (χ3n) is 12.5. The third-order valence-corrected chi connectivity index (χ3v) is 12.5.